The predicted molar refractivity (Wildman–Crippen MR) is 46.7 cm³/mol. The third-order valence-corrected chi connectivity index (χ3v) is 1.70. The van der Waals surface area contributed by atoms with Crippen LogP contribution in [0.1, 0.15) is 19.8 Å². The summed E-state index contributed by atoms with van der Waals surface area (Å²) in [4.78, 5) is 11.0. The maximum Gasteiger partial charge on any atom is 0.222 e. The number of hydrogen-bond acceptors (Lipinski definition) is 4. The van der Waals surface area contributed by atoms with Crippen LogP contribution in [0, 0.1) is 5.92 Å². The predicted octanol–water partition coefficient (Wildman–Crippen LogP) is -1.18. The Kier molecular flexibility index (Phi) is 6.48. The fourth-order valence-corrected chi connectivity index (χ4v) is 0.719. The van der Waals surface area contributed by atoms with Crippen molar-refractivity contribution >= 4 is 5.91 Å². The van der Waals surface area contributed by atoms with E-state index in [1.54, 1.807) is 6.92 Å². The van der Waals surface area contributed by atoms with E-state index in [4.69, 9.17) is 10.2 Å². The Bertz CT molecular complexity index is 151. The van der Waals surface area contributed by atoms with Gasteiger partial charge in [-0.2, -0.15) is 0 Å². The highest BCUT2D eigenvalue weighted by atomic mass is 16.3. The molecular weight excluding hydrogens is 174 g/mol. The minimum absolute atomic E-state index is 0.0426. The van der Waals surface area contributed by atoms with Gasteiger partial charge < -0.3 is 20.6 Å². The summed E-state index contributed by atoms with van der Waals surface area (Å²) in [6.07, 6.45) is -0.450. The first kappa shape index (κ1) is 12.3. The SMILES string of the molecule is CC(CO)C(O)NC(=O)CCCO. The number of amides is 1. The quantitative estimate of drug-likeness (QED) is 0.398. The monoisotopic (exact) mass is 191 g/mol. The number of nitrogens with one attached hydrogen (secondary N) is 1. The van der Waals surface area contributed by atoms with E-state index in [1.165, 1.54) is 0 Å². The van der Waals surface area contributed by atoms with E-state index in [0.717, 1.165) is 0 Å². The summed E-state index contributed by atoms with van der Waals surface area (Å²) in [5.74, 6) is -0.695. The summed E-state index contributed by atoms with van der Waals surface area (Å²) in [7, 11) is 0. The Morgan fingerprint density at radius 1 is 1.46 bits per heavy atom. The number of hydrogen-bond donors (Lipinski definition) is 4. The molecule has 0 radical (unpaired) electrons. The molecule has 0 aromatic rings. The van der Waals surface area contributed by atoms with Gasteiger partial charge in [-0.15, -0.1) is 0 Å². The van der Waals surface area contributed by atoms with E-state index in [1.807, 2.05) is 0 Å². The van der Waals surface area contributed by atoms with Crippen LogP contribution >= 0.6 is 0 Å². The lowest BCUT2D eigenvalue weighted by molar-refractivity contribution is -0.125. The van der Waals surface area contributed by atoms with Gasteiger partial charge in [0.15, 0.2) is 0 Å². The number of rotatable bonds is 6. The van der Waals surface area contributed by atoms with Gasteiger partial charge in [0.05, 0.1) is 0 Å². The standard InChI is InChI=1S/C8H17NO4/c1-6(5-11)8(13)9-7(12)3-2-4-10/h6,8,10-11,13H,2-5H2,1H3,(H,9,12). The van der Waals surface area contributed by atoms with Gasteiger partial charge in [-0.1, -0.05) is 6.92 Å². The van der Waals surface area contributed by atoms with Crippen molar-refractivity contribution in [2.75, 3.05) is 13.2 Å². The maximum absolute atomic E-state index is 11.0. The number of aliphatic hydroxyl groups excluding tert-OH is 3. The van der Waals surface area contributed by atoms with Gasteiger partial charge in [0.25, 0.3) is 0 Å². The van der Waals surface area contributed by atoms with Crippen LogP contribution in [0.25, 0.3) is 0 Å². The molecular formula is C8H17NO4. The van der Waals surface area contributed by atoms with Crippen LogP contribution in [-0.4, -0.2) is 40.7 Å². The summed E-state index contributed by atoms with van der Waals surface area (Å²) in [6, 6.07) is 0. The minimum Gasteiger partial charge on any atom is -0.396 e. The van der Waals surface area contributed by atoms with Crippen molar-refractivity contribution in [1.82, 2.24) is 5.32 Å². The van der Waals surface area contributed by atoms with Crippen LogP contribution in [0.5, 0.6) is 0 Å². The largest absolute Gasteiger partial charge is 0.396 e. The Morgan fingerprint density at radius 3 is 2.54 bits per heavy atom. The summed E-state index contributed by atoms with van der Waals surface area (Å²) in [6.45, 7) is 1.40. The topological polar surface area (TPSA) is 89.8 Å². The van der Waals surface area contributed by atoms with Gasteiger partial charge in [-0.25, -0.2) is 0 Å². The van der Waals surface area contributed by atoms with Gasteiger partial charge in [-0.3, -0.25) is 4.79 Å². The molecule has 4 N–H and O–H groups in total. The van der Waals surface area contributed by atoms with Crippen LogP contribution in [0.2, 0.25) is 0 Å². The number of aliphatic hydroxyl groups is 3. The molecule has 13 heavy (non-hydrogen) atoms. The van der Waals surface area contributed by atoms with Gasteiger partial charge in [0, 0.05) is 25.6 Å². The minimum atomic E-state index is -1.02. The molecule has 5 nitrogen and oxygen atoms in total. The number of carbonyl (C=O) groups is 1. The molecule has 0 heterocycles. The highest BCUT2D eigenvalue weighted by molar-refractivity contribution is 5.75. The van der Waals surface area contributed by atoms with Gasteiger partial charge in [0.2, 0.25) is 5.91 Å². The Morgan fingerprint density at radius 2 is 2.08 bits per heavy atom. The van der Waals surface area contributed by atoms with Crippen molar-refractivity contribution in [3.8, 4) is 0 Å². The van der Waals surface area contributed by atoms with Crippen molar-refractivity contribution in [3.63, 3.8) is 0 Å². The summed E-state index contributed by atoms with van der Waals surface area (Å²) < 4.78 is 0. The van der Waals surface area contributed by atoms with Gasteiger partial charge in [0.1, 0.15) is 6.23 Å². The van der Waals surface area contributed by atoms with Crippen LogP contribution < -0.4 is 5.32 Å². The van der Waals surface area contributed by atoms with Gasteiger partial charge >= 0.3 is 0 Å². The average Bonchev–Trinajstić information content (AvgIpc) is 2.13. The summed E-state index contributed by atoms with van der Waals surface area (Å²) in [5.41, 5.74) is 0. The van der Waals surface area contributed by atoms with Crippen molar-refractivity contribution in [2.24, 2.45) is 5.92 Å². The highest BCUT2D eigenvalue weighted by Crippen LogP contribution is 1.98. The van der Waals surface area contributed by atoms with Gasteiger partial charge in [-0.05, 0) is 6.42 Å². The second-order valence-electron chi connectivity index (χ2n) is 3.00. The second kappa shape index (κ2) is 6.82. The van der Waals surface area contributed by atoms with Crippen LogP contribution in [-0.2, 0) is 4.79 Å². The van der Waals surface area contributed by atoms with E-state index >= 15 is 0 Å². The highest BCUT2D eigenvalue weighted by Gasteiger charge is 2.14. The van der Waals surface area contributed by atoms with E-state index in [2.05, 4.69) is 5.32 Å². The Labute approximate surface area is 77.4 Å². The molecule has 0 aliphatic carbocycles. The first-order valence-electron chi connectivity index (χ1n) is 4.31. The van der Waals surface area contributed by atoms with Crippen molar-refractivity contribution in [3.05, 3.63) is 0 Å². The van der Waals surface area contributed by atoms with Crippen LogP contribution in [0.3, 0.4) is 0 Å². The molecule has 0 bridgehead atoms. The third kappa shape index (κ3) is 5.57. The van der Waals surface area contributed by atoms with Crippen LogP contribution in [0.15, 0.2) is 0 Å². The third-order valence-electron chi connectivity index (χ3n) is 1.70. The molecule has 0 aromatic carbocycles. The zero-order valence-electron chi connectivity index (χ0n) is 7.73. The Balaban J connectivity index is 3.64. The second-order valence-corrected chi connectivity index (χ2v) is 3.00. The first-order valence-corrected chi connectivity index (χ1v) is 4.31. The maximum atomic E-state index is 11.0. The zero-order chi connectivity index (χ0) is 10.3. The van der Waals surface area contributed by atoms with Crippen molar-refractivity contribution in [2.45, 2.75) is 26.0 Å². The summed E-state index contributed by atoms with van der Waals surface area (Å²) >= 11 is 0. The Hall–Kier alpha value is -0.650. The molecule has 0 fully saturated rings. The smallest absolute Gasteiger partial charge is 0.222 e. The van der Waals surface area contributed by atoms with E-state index in [0.29, 0.717) is 6.42 Å². The van der Waals surface area contributed by atoms with Crippen LogP contribution in [0.4, 0.5) is 0 Å². The molecule has 0 saturated carbocycles. The molecule has 0 saturated heterocycles. The number of carbonyl (C=O) groups excluding carboxylic acids is 1. The molecule has 0 aliphatic heterocycles. The summed E-state index contributed by atoms with van der Waals surface area (Å²) in [5, 5.41) is 28.6. The lowest BCUT2D eigenvalue weighted by Crippen LogP contribution is -2.40. The lowest BCUT2D eigenvalue weighted by atomic mass is 10.1. The van der Waals surface area contributed by atoms with E-state index < -0.39 is 6.23 Å². The molecule has 78 valence electrons. The van der Waals surface area contributed by atoms with Crippen molar-refractivity contribution < 1.29 is 20.1 Å². The fourth-order valence-electron chi connectivity index (χ4n) is 0.719. The molecule has 0 aromatic heterocycles. The lowest BCUT2D eigenvalue weighted by Gasteiger charge is -2.17. The van der Waals surface area contributed by atoms with Crippen molar-refractivity contribution in [1.29, 1.82) is 0 Å². The zero-order valence-corrected chi connectivity index (χ0v) is 7.73. The molecule has 1 amide bonds. The molecule has 0 spiro atoms. The van der Waals surface area contributed by atoms with E-state index in [-0.39, 0.29) is 31.5 Å². The molecule has 0 rings (SSSR count). The molecule has 0 aliphatic rings. The fraction of sp³-hybridized carbons (Fsp3) is 0.875. The van der Waals surface area contributed by atoms with E-state index in [9.17, 15) is 9.90 Å². The molecule has 5 heteroatoms. The normalized spacial score (nSPS) is 15.1. The first-order chi connectivity index (χ1) is 6.11. The molecule has 2 atom stereocenters. The average molecular weight is 191 g/mol. The molecule has 2 unspecified atom stereocenters.